The van der Waals surface area contributed by atoms with E-state index in [1.54, 1.807) is 0 Å². The van der Waals surface area contributed by atoms with Gasteiger partial charge >= 0.3 is 23.9 Å². The predicted molar refractivity (Wildman–Crippen MR) is 294 cm³/mol. The van der Waals surface area contributed by atoms with E-state index in [-0.39, 0.29) is 25.9 Å². The maximum atomic E-state index is 13.1. The van der Waals surface area contributed by atoms with Crippen LogP contribution < -0.4 is 0 Å². The van der Waals surface area contributed by atoms with Gasteiger partial charge in [0, 0.05) is 19.3 Å². The zero-order chi connectivity index (χ0) is 53.3. The number of ether oxygens (including phenoxy) is 5. The molecule has 12 nitrogen and oxygen atoms in total. The molecule has 1 rings (SSSR count). The van der Waals surface area contributed by atoms with E-state index in [1.807, 2.05) is 0 Å². The summed E-state index contributed by atoms with van der Waals surface area (Å²) in [5.41, 5.74) is 0. The standard InChI is InChI=1S/C61H102O12/c1-4-7-10-13-16-19-22-24-26-27-29-31-34-37-40-43-46-49-55(64)72-59-57(66)56(65)58(60(67)68)73-61(59)70-51-52(71-54(63)48-45-42-39-36-32-21-18-15-12-9-6-3)50-69-53(62)47-44-41-38-35-33-30-28-25-23-20-17-14-11-8-5-2/h7,10,15-16,18-19,24-26,28-29,31,52,56-59,61,65-66H,4-6,8-9,11-14,17,20-23,27,30,32-51H2,1-3H3,(H,67,68)/b10-7-,18-15-,19-16-,26-24-,28-25-,31-29-. The fourth-order valence-electron chi connectivity index (χ4n) is 8.27. The van der Waals surface area contributed by atoms with Gasteiger partial charge in [-0.15, -0.1) is 0 Å². The SMILES string of the molecule is CC/C=C\C/C=C\C/C=C\C/C=C\CCCCCCC(=O)OC1C(OCC(COC(=O)CCCCCCC/C=C\CCCCCCCC)OC(=O)CCCCCCC/C=C\CCCC)OC(C(=O)O)C(O)C1O. The number of aliphatic hydroxyl groups excluding tert-OH is 2. The highest BCUT2D eigenvalue weighted by Gasteiger charge is 2.50. The summed E-state index contributed by atoms with van der Waals surface area (Å²) in [6, 6.07) is 0. The fraction of sp³-hybridized carbons (Fsp3) is 0.738. The number of carboxylic acids is 1. The third-order valence-corrected chi connectivity index (χ3v) is 12.7. The lowest BCUT2D eigenvalue weighted by Gasteiger charge is -2.40. The van der Waals surface area contributed by atoms with E-state index in [0.29, 0.717) is 19.3 Å². The van der Waals surface area contributed by atoms with Crippen molar-refractivity contribution in [3.05, 3.63) is 72.9 Å². The van der Waals surface area contributed by atoms with Gasteiger partial charge in [-0.2, -0.15) is 0 Å². The molecule has 0 aromatic heterocycles. The largest absolute Gasteiger partial charge is 0.479 e. The Morgan fingerprint density at radius 1 is 0.466 bits per heavy atom. The van der Waals surface area contributed by atoms with Crippen molar-refractivity contribution in [3.8, 4) is 0 Å². The van der Waals surface area contributed by atoms with Gasteiger partial charge in [-0.05, 0) is 103 Å². The molecule has 73 heavy (non-hydrogen) atoms. The highest BCUT2D eigenvalue weighted by Crippen LogP contribution is 2.26. The quantitative estimate of drug-likeness (QED) is 0.0228. The lowest BCUT2D eigenvalue weighted by molar-refractivity contribution is -0.301. The predicted octanol–water partition coefficient (Wildman–Crippen LogP) is 14.6. The molecule has 1 saturated heterocycles. The van der Waals surface area contributed by atoms with Crippen LogP contribution in [0.1, 0.15) is 239 Å². The van der Waals surface area contributed by atoms with Crippen LogP contribution in [0.25, 0.3) is 0 Å². The number of hydrogen-bond donors (Lipinski definition) is 3. The molecule has 1 fully saturated rings. The monoisotopic (exact) mass is 1030 g/mol. The van der Waals surface area contributed by atoms with Crippen LogP contribution in [0.5, 0.6) is 0 Å². The molecule has 0 saturated carbocycles. The molecule has 0 aromatic rings. The Kier molecular flexibility index (Phi) is 45.1. The average Bonchev–Trinajstić information content (AvgIpc) is 3.37. The number of esters is 3. The minimum atomic E-state index is -1.91. The second-order valence-corrected chi connectivity index (χ2v) is 19.5. The molecule has 0 radical (unpaired) electrons. The van der Waals surface area contributed by atoms with Crippen molar-refractivity contribution >= 4 is 23.9 Å². The number of rotatable bonds is 48. The number of hydrogen-bond acceptors (Lipinski definition) is 11. The molecule has 0 bridgehead atoms. The first-order valence-electron chi connectivity index (χ1n) is 28.9. The summed E-state index contributed by atoms with van der Waals surface area (Å²) in [4.78, 5) is 51.0. The van der Waals surface area contributed by atoms with Crippen molar-refractivity contribution in [2.45, 2.75) is 276 Å². The first kappa shape index (κ1) is 67.2. The molecule has 1 heterocycles. The summed E-state index contributed by atoms with van der Waals surface area (Å²) in [5.74, 6) is -3.17. The molecular formula is C61H102O12. The molecule has 0 spiro atoms. The van der Waals surface area contributed by atoms with Crippen molar-refractivity contribution < 1.29 is 58.2 Å². The van der Waals surface area contributed by atoms with Crippen molar-refractivity contribution in [3.63, 3.8) is 0 Å². The van der Waals surface area contributed by atoms with Crippen LogP contribution in [0, 0.1) is 0 Å². The van der Waals surface area contributed by atoms with Gasteiger partial charge in [-0.1, -0.05) is 190 Å². The normalized spacial score (nSPS) is 18.8. The average molecular weight is 1030 g/mol. The summed E-state index contributed by atoms with van der Waals surface area (Å²) in [6.45, 7) is 5.80. The molecule has 12 heteroatoms. The molecule has 3 N–H and O–H groups in total. The Bertz CT molecular complexity index is 1550. The van der Waals surface area contributed by atoms with Crippen molar-refractivity contribution in [2.75, 3.05) is 13.2 Å². The van der Waals surface area contributed by atoms with Crippen LogP contribution in [0.3, 0.4) is 0 Å². The lowest BCUT2D eigenvalue weighted by Crippen LogP contribution is -2.61. The maximum absolute atomic E-state index is 13.1. The smallest absolute Gasteiger partial charge is 0.335 e. The van der Waals surface area contributed by atoms with Gasteiger partial charge in [0.05, 0.1) is 6.61 Å². The summed E-state index contributed by atoms with van der Waals surface area (Å²) >= 11 is 0. The van der Waals surface area contributed by atoms with Crippen LogP contribution in [-0.4, -0.2) is 89.2 Å². The van der Waals surface area contributed by atoms with Crippen LogP contribution in [0.2, 0.25) is 0 Å². The van der Waals surface area contributed by atoms with E-state index >= 15 is 0 Å². The minimum absolute atomic E-state index is 0.0291. The zero-order valence-electron chi connectivity index (χ0n) is 45.9. The molecule has 6 unspecified atom stereocenters. The van der Waals surface area contributed by atoms with Crippen LogP contribution in [-0.2, 0) is 42.9 Å². The van der Waals surface area contributed by atoms with Gasteiger partial charge < -0.3 is 39.0 Å². The first-order chi connectivity index (χ1) is 35.6. The summed E-state index contributed by atoms with van der Waals surface area (Å²) in [6.07, 6.45) is 48.7. The van der Waals surface area contributed by atoms with Crippen molar-refractivity contribution in [1.29, 1.82) is 0 Å². The summed E-state index contributed by atoms with van der Waals surface area (Å²) in [7, 11) is 0. The third-order valence-electron chi connectivity index (χ3n) is 12.7. The van der Waals surface area contributed by atoms with Gasteiger partial charge in [0.15, 0.2) is 24.6 Å². The van der Waals surface area contributed by atoms with Gasteiger partial charge in [0.25, 0.3) is 0 Å². The Morgan fingerprint density at radius 2 is 0.877 bits per heavy atom. The Morgan fingerprint density at radius 3 is 1.37 bits per heavy atom. The Labute approximate surface area is 442 Å². The molecule has 1 aliphatic rings. The van der Waals surface area contributed by atoms with Crippen molar-refractivity contribution in [1.82, 2.24) is 0 Å². The van der Waals surface area contributed by atoms with Crippen LogP contribution >= 0.6 is 0 Å². The van der Waals surface area contributed by atoms with Gasteiger partial charge in [-0.25, -0.2) is 4.79 Å². The van der Waals surface area contributed by atoms with Gasteiger partial charge in [0.2, 0.25) is 0 Å². The van der Waals surface area contributed by atoms with Gasteiger partial charge in [-0.3, -0.25) is 14.4 Å². The first-order valence-corrected chi connectivity index (χ1v) is 28.9. The number of allylic oxidation sites excluding steroid dienone is 12. The summed E-state index contributed by atoms with van der Waals surface area (Å²) < 4.78 is 28.3. The van der Waals surface area contributed by atoms with E-state index in [9.17, 15) is 34.5 Å². The number of carboxylic acid groups (broad SMARTS) is 1. The number of aliphatic carboxylic acids is 1. The van der Waals surface area contributed by atoms with Gasteiger partial charge in [0.1, 0.15) is 18.8 Å². The fourth-order valence-corrected chi connectivity index (χ4v) is 8.27. The van der Waals surface area contributed by atoms with Crippen LogP contribution in [0.15, 0.2) is 72.9 Å². The number of carbonyl (C=O) groups excluding carboxylic acids is 3. The van der Waals surface area contributed by atoms with Crippen LogP contribution in [0.4, 0.5) is 0 Å². The molecule has 0 aromatic carbocycles. The summed E-state index contributed by atoms with van der Waals surface area (Å²) in [5, 5.41) is 31.4. The topological polar surface area (TPSA) is 175 Å². The highest BCUT2D eigenvalue weighted by atomic mass is 16.7. The molecular weight excluding hydrogens is 925 g/mol. The van der Waals surface area contributed by atoms with E-state index in [4.69, 9.17) is 23.7 Å². The van der Waals surface area contributed by atoms with E-state index in [0.717, 1.165) is 128 Å². The Balaban J connectivity index is 2.71. The molecule has 418 valence electrons. The molecule has 0 aliphatic carbocycles. The van der Waals surface area contributed by atoms with E-state index in [2.05, 4.69) is 93.7 Å². The second kappa shape index (κ2) is 49.1. The van der Waals surface area contributed by atoms with E-state index in [1.165, 1.54) is 51.4 Å². The zero-order valence-corrected chi connectivity index (χ0v) is 45.9. The second-order valence-electron chi connectivity index (χ2n) is 19.5. The highest BCUT2D eigenvalue weighted by molar-refractivity contribution is 5.74. The minimum Gasteiger partial charge on any atom is -0.479 e. The number of carbonyl (C=O) groups is 4. The maximum Gasteiger partial charge on any atom is 0.335 e. The van der Waals surface area contributed by atoms with E-state index < -0.39 is 67.3 Å². The molecule has 6 atom stereocenters. The van der Waals surface area contributed by atoms with Crippen molar-refractivity contribution in [2.24, 2.45) is 0 Å². The molecule has 1 aliphatic heterocycles. The third kappa shape index (κ3) is 39.3. The number of aliphatic hydroxyl groups is 2. The molecule has 0 amide bonds. The lowest BCUT2D eigenvalue weighted by atomic mass is 9.98. The number of unbranched alkanes of at least 4 members (excludes halogenated alkanes) is 22. The Hall–Kier alpha value is -3.84.